The monoisotopic (exact) mass is 382 g/mol. The summed E-state index contributed by atoms with van der Waals surface area (Å²) in [6.45, 7) is 3.43. The molecule has 2 heterocycles. The Bertz CT molecular complexity index is 732. The number of fused-ring (bicyclic) bond motifs is 1. The van der Waals surface area contributed by atoms with Crippen LogP contribution in [-0.2, 0) is 23.4 Å². The molecule has 0 fully saturated rings. The molecule has 0 atom stereocenters. The summed E-state index contributed by atoms with van der Waals surface area (Å²) in [5, 5.41) is 11.9. The van der Waals surface area contributed by atoms with Crippen LogP contribution in [0.4, 0.5) is 0 Å². The molecule has 0 aliphatic carbocycles. The minimum atomic E-state index is -1.89. The zero-order valence-electron chi connectivity index (χ0n) is 12.6. The van der Waals surface area contributed by atoms with Crippen LogP contribution in [0.5, 0.6) is 0 Å². The van der Waals surface area contributed by atoms with Gasteiger partial charge in [-0.15, -0.1) is 0 Å². The fourth-order valence-electron chi connectivity index (χ4n) is 2.13. The molecule has 0 aliphatic rings. The van der Waals surface area contributed by atoms with Crippen LogP contribution in [0, 0.1) is 5.21 Å². The number of hydrogen-bond acceptors (Lipinski definition) is 6. The van der Waals surface area contributed by atoms with Crippen LogP contribution in [0.3, 0.4) is 0 Å². The smallest absolute Gasteiger partial charge is 0.339 e. The first-order valence-electron chi connectivity index (χ1n) is 6.97. The predicted octanol–water partition coefficient (Wildman–Crippen LogP) is 1.58. The van der Waals surface area contributed by atoms with E-state index in [2.05, 4.69) is 20.9 Å². The number of ether oxygens (including phenoxy) is 2. The average Bonchev–Trinajstić information content (AvgIpc) is 2.55. The highest BCUT2D eigenvalue weighted by Gasteiger charge is 2.50. The number of aromatic nitrogens is 2. The Morgan fingerprint density at radius 2 is 1.87 bits per heavy atom. The van der Waals surface area contributed by atoms with Crippen molar-refractivity contribution in [3.05, 3.63) is 41.4 Å². The average molecular weight is 383 g/mol. The zero-order chi connectivity index (χ0) is 17.0. The Balaban J connectivity index is 2.72. The van der Waals surface area contributed by atoms with Gasteiger partial charge >= 0.3 is 11.9 Å². The second kappa shape index (κ2) is 6.91. The summed E-state index contributed by atoms with van der Waals surface area (Å²) in [5.41, 5.74) is 0.627. The van der Waals surface area contributed by atoms with E-state index >= 15 is 0 Å². The minimum Gasteiger partial charge on any atom is -0.618 e. The van der Waals surface area contributed by atoms with Crippen molar-refractivity contribution in [2.24, 2.45) is 0 Å². The lowest BCUT2D eigenvalue weighted by atomic mass is 9.98. The van der Waals surface area contributed by atoms with Crippen molar-refractivity contribution in [3.63, 3.8) is 0 Å². The van der Waals surface area contributed by atoms with Crippen molar-refractivity contribution in [3.8, 4) is 0 Å². The summed E-state index contributed by atoms with van der Waals surface area (Å²) in [6.07, 6.45) is 2.67. The van der Waals surface area contributed by atoms with E-state index in [-0.39, 0.29) is 29.8 Å². The Morgan fingerprint density at radius 3 is 2.43 bits per heavy atom. The van der Waals surface area contributed by atoms with E-state index in [1.54, 1.807) is 26.0 Å². The van der Waals surface area contributed by atoms with Gasteiger partial charge in [-0.25, -0.2) is 14.6 Å². The normalized spacial score (nSPS) is 11.3. The summed E-state index contributed by atoms with van der Waals surface area (Å²) in [4.78, 5) is 29.0. The van der Waals surface area contributed by atoms with Gasteiger partial charge in [0.15, 0.2) is 6.20 Å². The standard InChI is InChI=1S/C15H15BrN2O5/c1-3-22-13(19)15(16,14(20)23-4-2)10-7-9-18(21)11-6-5-8-17-12(10)11/h5-9H,3-4H2,1-2H3. The molecule has 8 heteroatoms. The van der Waals surface area contributed by atoms with E-state index in [1.165, 1.54) is 18.5 Å². The number of alkyl halides is 1. The van der Waals surface area contributed by atoms with Crippen molar-refractivity contribution in [1.82, 2.24) is 4.98 Å². The highest BCUT2D eigenvalue weighted by molar-refractivity contribution is 9.10. The van der Waals surface area contributed by atoms with E-state index in [0.29, 0.717) is 4.73 Å². The Kier molecular flexibility index (Phi) is 5.15. The third-order valence-corrected chi connectivity index (χ3v) is 4.21. The molecule has 2 aromatic rings. The highest BCUT2D eigenvalue weighted by Crippen LogP contribution is 2.37. The first kappa shape index (κ1) is 17.1. The quantitative estimate of drug-likeness (QED) is 0.256. The molecule has 0 bridgehead atoms. The lowest BCUT2D eigenvalue weighted by Gasteiger charge is -2.23. The number of pyridine rings is 2. The van der Waals surface area contributed by atoms with Crippen molar-refractivity contribution in [1.29, 1.82) is 0 Å². The van der Waals surface area contributed by atoms with Crippen LogP contribution < -0.4 is 4.73 Å². The summed E-state index contributed by atoms with van der Waals surface area (Å²) < 4.78 is 8.74. The molecule has 0 aliphatic heterocycles. The lowest BCUT2D eigenvalue weighted by Crippen LogP contribution is -2.42. The molecule has 0 saturated heterocycles. The maximum atomic E-state index is 12.4. The molecule has 0 amide bonds. The molecule has 122 valence electrons. The number of hydrogen-bond donors (Lipinski definition) is 0. The van der Waals surface area contributed by atoms with Crippen molar-refractivity contribution < 1.29 is 23.8 Å². The molecule has 7 nitrogen and oxygen atoms in total. The van der Waals surface area contributed by atoms with Gasteiger partial charge in [-0.1, -0.05) is 15.9 Å². The van der Waals surface area contributed by atoms with Gasteiger partial charge in [0.25, 0.3) is 0 Å². The topological polar surface area (TPSA) is 92.4 Å². The molecule has 2 rings (SSSR count). The van der Waals surface area contributed by atoms with Gasteiger partial charge in [0.1, 0.15) is 5.52 Å². The maximum absolute atomic E-state index is 12.4. The molecular formula is C15H15BrN2O5. The number of carbonyl (C=O) groups is 2. The van der Waals surface area contributed by atoms with Crippen LogP contribution >= 0.6 is 15.9 Å². The fourth-order valence-corrected chi connectivity index (χ4v) is 2.67. The SMILES string of the molecule is CCOC(=O)C(Br)(C(=O)OCC)c1cc[n+]([O-])c2cccnc12. The third kappa shape index (κ3) is 2.98. The van der Waals surface area contributed by atoms with Crippen LogP contribution in [0.2, 0.25) is 0 Å². The highest BCUT2D eigenvalue weighted by atomic mass is 79.9. The molecule has 0 spiro atoms. The summed E-state index contributed by atoms with van der Waals surface area (Å²) >= 11 is 3.17. The van der Waals surface area contributed by atoms with Crippen molar-refractivity contribution in [2.75, 3.05) is 13.2 Å². The van der Waals surface area contributed by atoms with Crippen LogP contribution in [0.25, 0.3) is 11.0 Å². The molecule has 23 heavy (non-hydrogen) atoms. The molecule has 0 N–H and O–H groups in total. The van der Waals surface area contributed by atoms with Crippen LogP contribution in [0.1, 0.15) is 19.4 Å². The fraction of sp³-hybridized carbons (Fsp3) is 0.333. The Hall–Kier alpha value is -2.22. The van der Waals surface area contributed by atoms with Crippen molar-refractivity contribution >= 4 is 38.9 Å². The van der Waals surface area contributed by atoms with E-state index in [0.717, 1.165) is 0 Å². The van der Waals surface area contributed by atoms with Crippen molar-refractivity contribution in [2.45, 2.75) is 18.2 Å². The van der Waals surface area contributed by atoms with Gasteiger partial charge in [-0.2, -0.15) is 4.73 Å². The molecule has 0 radical (unpaired) electrons. The maximum Gasteiger partial charge on any atom is 0.339 e. The van der Waals surface area contributed by atoms with Crippen LogP contribution in [-0.4, -0.2) is 30.1 Å². The number of carbonyl (C=O) groups excluding carboxylic acids is 2. The first-order chi connectivity index (χ1) is 11.0. The summed E-state index contributed by atoms with van der Waals surface area (Å²) in [6, 6.07) is 4.48. The number of esters is 2. The number of halogens is 1. The zero-order valence-corrected chi connectivity index (χ0v) is 14.2. The summed E-state index contributed by atoms with van der Waals surface area (Å²) in [7, 11) is 0. The minimum absolute atomic E-state index is 0.0886. The van der Waals surface area contributed by atoms with E-state index < -0.39 is 16.3 Å². The second-order valence-electron chi connectivity index (χ2n) is 4.53. The third-order valence-electron chi connectivity index (χ3n) is 3.14. The second-order valence-corrected chi connectivity index (χ2v) is 5.72. The molecular weight excluding hydrogens is 368 g/mol. The molecule has 0 aromatic carbocycles. The summed E-state index contributed by atoms with van der Waals surface area (Å²) in [5.74, 6) is -1.65. The molecule has 0 unspecified atom stereocenters. The predicted molar refractivity (Wildman–Crippen MR) is 84.6 cm³/mol. The molecule has 2 aromatic heterocycles. The number of rotatable bonds is 5. The van der Waals surface area contributed by atoms with Gasteiger partial charge in [-0.05, 0) is 19.9 Å². The molecule has 0 saturated carbocycles. The largest absolute Gasteiger partial charge is 0.618 e. The van der Waals surface area contributed by atoms with E-state index in [4.69, 9.17) is 9.47 Å². The Morgan fingerprint density at radius 1 is 1.26 bits per heavy atom. The Labute approximate surface area is 140 Å². The van der Waals surface area contributed by atoms with E-state index in [1.807, 2.05) is 0 Å². The van der Waals surface area contributed by atoms with Gasteiger partial charge in [0.2, 0.25) is 9.84 Å². The van der Waals surface area contributed by atoms with E-state index in [9.17, 15) is 14.8 Å². The first-order valence-corrected chi connectivity index (χ1v) is 7.76. The van der Waals surface area contributed by atoms with Crippen LogP contribution in [0.15, 0.2) is 30.6 Å². The van der Waals surface area contributed by atoms with Gasteiger partial charge in [-0.3, -0.25) is 0 Å². The number of nitrogens with zero attached hydrogens (tertiary/aromatic N) is 2. The van der Waals surface area contributed by atoms with Gasteiger partial charge in [0.05, 0.1) is 13.2 Å². The van der Waals surface area contributed by atoms with Gasteiger partial charge < -0.3 is 14.7 Å². The lowest BCUT2D eigenvalue weighted by molar-refractivity contribution is -0.577. The van der Waals surface area contributed by atoms with Gasteiger partial charge in [0, 0.05) is 23.9 Å².